The van der Waals surface area contributed by atoms with Crippen molar-refractivity contribution in [3.63, 3.8) is 0 Å². The van der Waals surface area contributed by atoms with Crippen LogP contribution >= 0.6 is 0 Å². The third-order valence-corrected chi connectivity index (χ3v) is 3.40. The van der Waals surface area contributed by atoms with Gasteiger partial charge in [0.2, 0.25) is 0 Å². The molecule has 0 spiro atoms. The molecule has 2 rings (SSSR count). The summed E-state index contributed by atoms with van der Waals surface area (Å²) >= 11 is 0. The highest BCUT2D eigenvalue weighted by Crippen LogP contribution is 2.22. The monoisotopic (exact) mass is 249 g/mol. The molecule has 98 valence electrons. The van der Waals surface area contributed by atoms with Gasteiger partial charge in [0.15, 0.2) is 0 Å². The minimum atomic E-state index is -0.763. The van der Waals surface area contributed by atoms with E-state index in [0.29, 0.717) is 0 Å². The molecule has 18 heavy (non-hydrogen) atoms. The molecule has 1 aliphatic carbocycles. The fraction of sp³-hybridized carbons (Fsp3) is 0.500. The Morgan fingerprint density at radius 1 is 1.39 bits per heavy atom. The number of esters is 1. The lowest BCUT2D eigenvalue weighted by atomic mass is 10.1. The Balaban J connectivity index is 2.01. The minimum absolute atomic E-state index is 0.182. The number of carbonyl (C=O) groups is 1. The average molecular weight is 249 g/mol. The van der Waals surface area contributed by atoms with Gasteiger partial charge in [-0.2, -0.15) is 0 Å². The molecule has 0 heterocycles. The van der Waals surface area contributed by atoms with Crippen molar-refractivity contribution in [3.05, 3.63) is 35.4 Å². The molecule has 1 aliphatic rings. The maximum atomic E-state index is 11.6. The summed E-state index contributed by atoms with van der Waals surface area (Å²) in [6.07, 6.45) is 1.01. The number of methoxy groups -OCH3 is 1. The van der Waals surface area contributed by atoms with Crippen LogP contribution in [0, 0.1) is 0 Å². The topological polar surface area (TPSA) is 58.6 Å². The number of rotatable bonds is 4. The van der Waals surface area contributed by atoms with Crippen LogP contribution in [0.5, 0.6) is 0 Å². The first kappa shape index (κ1) is 13.1. The van der Waals surface area contributed by atoms with Crippen molar-refractivity contribution in [3.8, 4) is 0 Å². The van der Waals surface area contributed by atoms with Crippen molar-refractivity contribution < 1.29 is 14.6 Å². The van der Waals surface area contributed by atoms with E-state index in [1.807, 2.05) is 12.1 Å². The van der Waals surface area contributed by atoms with E-state index in [1.54, 1.807) is 6.92 Å². The molecule has 0 saturated heterocycles. The van der Waals surface area contributed by atoms with E-state index in [0.717, 1.165) is 12.8 Å². The van der Waals surface area contributed by atoms with Gasteiger partial charge in [-0.05, 0) is 30.9 Å². The van der Waals surface area contributed by atoms with E-state index in [4.69, 9.17) is 4.74 Å². The second kappa shape index (κ2) is 5.50. The molecular weight excluding hydrogens is 230 g/mol. The molecular formula is C14H19NO3. The first-order valence-electron chi connectivity index (χ1n) is 6.20. The molecule has 0 radical (unpaired) electrons. The van der Waals surface area contributed by atoms with Crippen molar-refractivity contribution in [2.75, 3.05) is 7.11 Å². The number of nitrogens with one attached hydrogen (secondary N) is 1. The maximum Gasteiger partial charge on any atom is 0.325 e. The summed E-state index contributed by atoms with van der Waals surface area (Å²) in [4.78, 5) is 11.6. The predicted molar refractivity (Wildman–Crippen MR) is 68.3 cm³/mol. The Labute approximate surface area is 107 Å². The zero-order valence-electron chi connectivity index (χ0n) is 10.7. The number of benzene rings is 1. The number of hydrogen-bond acceptors (Lipinski definition) is 4. The molecule has 0 bridgehead atoms. The Hall–Kier alpha value is -1.39. The van der Waals surface area contributed by atoms with Crippen LogP contribution in [0.2, 0.25) is 0 Å². The normalized spacial score (nSPS) is 18.2. The predicted octanol–water partition coefficient (Wildman–Crippen LogP) is 0.666. The lowest BCUT2D eigenvalue weighted by Gasteiger charge is -2.23. The molecule has 2 atom stereocenters. The highest BCUT2D eigenvalue weighted by molar-refractivity contribution is 5.76. The number of aliphatic hydroxyl groups excluding tert-OH is 1. The fourth-order valence-corrected chi connectivity index (χ4v) is 2.46. The van der Waals surface area contributed by atoms with Gasteiger partial charge in [0, 0.05) is 6.04 Å². The van der Waals surface area contributed by atoms with Gasteiger partial charge in [-0.15, -0.1) is 0 Å². The van der Waals surface area contributed by atoms with Crippen LogP contribution in [-0.4, -0.2) is 36.4 Å². The van der Waals surface area contributed by atoms with E-state index >= 15 is 0 Å². The van der Waals surface area contributed by atoms with Crippen molar-refractivity contribution >= 4 is 5.97 Å². The molecule has 0 aromatic heterocycles. The van der Waals surface area contributed by atoms with Crippen molar-refractivity contribution in [1.82, 2.24) is 5.32 Å². The minimum Gasteiger partial charge on any atom is -0.468 e. The lowest BCUT2D eigenvalue weighted by Crippen LogP contribution is -2.50. The summed E-state index contributed by atoms with van der Waals surface area (Å²) in [6, 6.07) is 7.77. The van der Waals surface area contributed by atoms with E-state index in [9.17, 15) is 9.90 Å². The van der Waals surface area contributed by atoms with E-state index in [1.165, 1.54) is 18.2 Å². The van der Waals surface area contributed by atoms with Gasteiger partial charge >= 0.3 is 5.97 Å². The van der Waals surface area contributed by atoms with Crippen molar-refractivity contribution in [2.24, 2.45) is 0 Å². The third kappa shape index (κ3) is 2.71. The van der Waals surface area contributed by atoms with Crippen molar-refractivity contribution in [2.45, 2.75) is 38.0 Å². The van der Waals surface area contributed by atoms with E-state index in [-0.39, 0.29) is 6.04 Å². The summed E-state index contributed by atoms with van der Waals surface area (Å²) in [7, 11) is 1.34. The fourth-order valence-electron chi connectivity index (χ4n) is 2.46. The number of fused-ring (bicyclic) bond motifs is 1. The summed E-state index contributed by atoms with van der Waals surface area (Å²) < 4.78 is 4.70. The second-order valence-electron chi connectivity index (χ2n) is 4.78. The van der Waals surface area contributed by atoms with Crippen molar-refractivity contribution in [1.29, 1.82) is 0 Å². The molecule has 1 aromatic carbocycles. The molecule has 4 nitrogen and oxygen atoms in total. The Morgan fingerprint density at radius 2 is 1.94 bits per heavy atom. The number of hydrogen-bond donors (Lipinski definition) is 2. The zero-order valence-corrected chi connectivity index (χ0v) is 10.7. The van der Waals surface area contributed by atoms with Crippen LogP contribution in [0.25, 0.3) is 0 Å². The SMILES string of the molecule is COC(=O)[C@H](NC1Cc2ccccc2C1)[C@H](C)O. The Kier molecular flexibility index (Phi) is 3.99. The standard InChI is InChI=1S/C14H19NO3/c1-9(16)13(14(17)18-2)15-12-7-10-5-3-4-6-11(10)8-12/h3-6,9,12-13,15-16H,7-8H2,1-2H3/t9-,13+/m0/s1. The van der Waals surface area contributed by atoms with Gasteiger partial charge < -0.3 is 9.84 Å². The first-order valence-corrected chi connectivity index (χ1v) is 6.20. The number of ether oxygens (including phenoxy) is 1. The van der Waals surface area contributed by atoms with Gasteiger partial charge in [-0.1, -0.05) is 24.3 Å². The zero-order chi connectivity index (χ0) is 13.1. The smallest absolute Gasteiger partial charge is 0.325 e. The number of aliphatic hydroxyl groups is 1. The molecule has 1 aromatic rings. The quantitative estimate of drug-likeness (QED) is 0.770. The summed E-state index contributed by atoms with van der Waals surface area (Å²) in [5.41, 5.74) is 2.62. The molecule has 0 aliphatic heterocycles. The van der Waals surface area contributed by atoms with E-state index < -0.39 is 18.1 Å². The molecule has 4 heteroatoms. The molecule has 0 unspecified atom stereocenters. The first-order chi connectivity index (χ1) is 8.61. The van der Waals surface area contributed by atoms with Gasteiger partial charge in [0.1, 0.15) is 6.04 Å². The van der Waals surface area contributed by atoms with Crippen LogP contribution in [0.3, 0.4) is 0 Å². The number of carbonyl (C=O) groups excluding carboxylic acids is 1. The van der Waals surface area contributed by atoms with Gasteiger partial charge in [0.25, 0.3) is 0 Å². The summed E-state index contributed by atoms with van der Waals surface area (Å²) in [5.74, 6) is -0.416. The van der Waals surface area contributed by atoms with Crippen LogP contribution in [-0.2, 0) is 22.4 Å². The van der Waals surface area contributed by atoms with Crippen LogP contribution in [0.15, 0.2) is 24.3 Å². The van der Waals surface area contributed by atoms with Crippen LogP contribution in [0.1, 0.15) is 18.1 Å². The highest BCUT2D eigenvalue weighted by atomic mass is 16.5. The van der Waals surface area contributed by atoms with E-state index in [2.05, 4.69) is 17.4 Å². The third-order valence-electron chi connectivity index (χ3n) is 3.40. The van der Waals surface area contributed by atoms with Gasteiger partial charge in [-0.3, -0.25) is 10.1 Å². The molecule has 0 fully saturated rings. The highest BCUT2D eigenvalue weighted by Gasteiger charge is 2.30. The maximum absolute atomic E-state index is 11.6. The lowest BCUT2D eigenvalue weighted by molar-refractivity contribution is -0.146. The summed E-state index contributed by atoms with van der Waals surface area (Å²) in [5, 5.41) is 12.8. The molecule has 0 amide bonds. The largest absolute Gasteiger partial charge is 0.468 e. The van der Waals surface area contributed by atoms with Crippen LogP contribution in [0.4, 0.5) is 0 Å². The molecule has 2 N–H and O–H groups in total. The van der Waals surface area contributed by atoms with Gasteiger partial charge in [-0.25, -0.2) is 0 Å². The average Bonchev–Trinajstić information content (AvgIpc) is 2.77. The Bertz CT molecular complexity index is 406. The van der Waals surface area contributed by atoms with Crippen LogP contribution < -0.4 is 5.32 Å². The summed E-state index contributed by atoms with van der Waals surface area (Å²) in [6.45, 7) is 1.59. The second-order valence-corrected chi connectivity index (χ2v) is 4.78. The molecule has 0 saturated carbocycles. The van der Waals surface area contributed by atoms with Gasteiger partial charge in [0.05, 0.1) is 13.2 Å². The Morgan fingerprint density at radius 3 is 2.39 bits per heavy atom.